The van der Waals surface area contributed by atoms with E-state index < -0.39 is 9.84 Å². The Kier molecular flexibility index (Phi) is 5.05. The van der Waals surface area contributed by atoms with Gasteiger partial charge < -0.3 is 5.32 Å². The van der Waals surface area contributed by atoms with Crippen molar-refractivity contribution in [3.63, 3.8) is 0 Å². The van der Waals surface area contributed by atoms with E-state index in [4.69, 9.17) is 0 Å². The van der Waals surface area contributed by atoms with Crippen molar-refractivity contribution in [3.05, 3.63) is 35.9 Å². The van der Waals surface area contributed by atoms with Gasteiger partial charge >= 0.3 is 0 Å². The highest BCUT2D eigenvalue weighted by Crippen LogP contribution is 2.28. The van der Waals surface area contributed by atoms with Crippen molar-refractivity contribution in [1.82, 2.24) is 5.32 Å². The smallest absolute Gasteiger partial charge is 0.224 e. The first-order chi connectivity index (χ1) is 11.0. The summed E-state index contributed by atoms with van der Waals surface area (Å²) in [6.07, 6.45) is 5.94. The maximum atomic E-state index is 12.4. The zero-order chi connectivity index (χ0) is 16.3. The van der Waals surface area contributed by atoms with Gasteiger partial charge in [-0.15, -0.1) is 0 Å². The number of nitrogens with one attached hydrogen (secondary N) is 1. The van der Waals surface area contributed by atoms with Crippen LogP contribution in [0.4, 0.5) is 0 Å². The zero-order valence-corrected chi connectivity index (χ0v) is 14.2. The fraction of sp³-hybridized carbons (Fsp3) is 0.611. The van der Waals surface area contributed by atoms with Crippen LogP contribution in [0.25, 0.3) is 0 Å². The molecular formula is C18H25NO3S. The second-order valence-electron chi connectivity index (χ2n) is 6.95. The molecule has 0 spiro atoms. The van der Waals surface area contributed by atoms with E-state index in [1.807, 2.05) is 6.07 Å². The monoisotopic (exact) mass is 335 g/mol. The number of hydrogen-bond acceptors (Lipinski definition) is 3. The first kappa shape index (κ1) is 16.5. The second kappa shape index (κ2) is 7.04. The van der Waals surface area contributed by atoms with Crippen molar-refractivity contribution in [1.29, 1.82) is 0 Å². The molecule has 0 bridgehead atoms. The standard InChI is InChI=1S/C18H25NO3S/c20-18(16-10-11-23(21,22)13-16)19-17-9-5-4-8-15(17)12-14-6-2-1-3-7-14/h1-3,6-7,15-17H,4-5,8-13H2,(H,19,20)/t15-,16-,17+/m0/s1. The van der Waals surface area contributed by atoms with Crippen LogP contribution in [0.2, 0.25) is 0 Å². The summed E-state index contributed by atoms with van der Waals surface area (Å²) < 4.78 is 23.1. The Morgan fingerprint density at radius 2 is 1.83 bits per heavy atom. The van der Waals surface area contributed by atoms with Gasteiger partial charge in [0, 0.05) is 6.04 Å². The molecule has 5 heteroatoms. The highest BCUT2D eigenvalue weighted by Gasteiger charge is 2.35. The van der Waals surface area contributed by atoms with Crippen molar-refractivity contribution in [2.24, 2.45) is 11.8 Å². The Labute approximate surface area is 138 Å². The minimum absolute atomic E-state index is 0.0227. The van der Waals surface area contributed by atoms with Crippen molar-refractivity contribution >= 4 is 15.7 Å². The molecule has 23 heavy (non-hydrogen) atoms. The number of carbonyl (C=O) groups is 1. The van der Waals surface area contributed by atoms with Gasteiger partial charge in [0.2, 0.25) is 5.91 Å². The van der Waals surface area contributed by atoms with Gasteiger partial charge in [0.1, 0.15) is 0 Å². The summed E-state index contributed by atoms with van der Waals surface area (Å²) in [7, 11) is -3.00. The number of rotatable bonds is 4. The molecule has 1 saturated heterocycles. The summed E-state index contributed by atoms with van der Waals surface area (Å²) in [4.78, 5) is 12.4. The lowest BCUT2D eigenvalue weighted by atomic mass is 9.80. The molecule has 1 aliphatic heterocycles. The first-order valence-electron chi connectivity index (χ1n) is 8.58. The van der Waals surface area contributed by atoms with Crippen LogP contribution < -0.4 is 5.32 Å². The fourth-order valence-electron chi connectivity index (χ4n) is 3.86. The molecule has 1 aliphatic carbocycles. The third-order valence-corrected chi connectivity index (χ3v) is 6.95. The van der Waals surface area contributed by atoms with Crippen LogP contribution in [0.5, 0.6) is 0 Å². The zero-order valence-electron chi connectivity index (χ0n) is 13.4. The van der Waals surface area contributed by atoms with Crippen LogP contribution in [0.15, 0.2) is 30.3 Å². The van der Waals surface area contributed by atoms with Gasteiger partial charge in [-0.2, -0.15) is 0 Å². The molecule has 1 N–H and O–H groups in total. The molecule has 1 amide bonds. The van der Waals surface area contributed by atoms with Crippen molar-refractivity contribution < 1.29 is 13.2 Å². The van der Waals surface area contributed by atoms with E-state index in [1.54, 1.807) is 0 Å². The average Bonchev–Trinajstić information content (AvgIpc) is 2.90. The predicted molar refractivity (Wildman–Crippen MR) is 90.8 cm³/mol. The van der Waals surface area contributed by atoms with Crippen molar-refractivity contribution in [2.45, 2.75) is 44.6 Å². The third kappa shape index (κ3) is 4.34. The number of amides is 1. The van der Waals surface area contributed by atoms with Crippen LogP contribution in [0.3, 0.4) is 0 Å². The topological polar surface area (TPSA) is 63.2 Å². The molecule has 4 nitrogen and oxygen atoms in total. The molecule has 126 valence electrons. The van der Waals surface area contributed by atoms with E-state index in [9.17, 15) is 13.2 Å². The molecule has 1 saturated carbocycles. The Balaban J connectivity index is 1.61. The summed E-state index contributed by atoms with van der Waals surface area (Å²) in [5.41, 5.74) is 1.31. The van der Waals surface area contributed by atoms with Gasteiger partial charge in [-0.25, -0.2) is 8.42 Å². The normalized spacial score (nSPS) is 30.0. The van der Waals surface area contributed by atoms with Crippen molar-refractivity contribution in [2.75, 3.05) is 11.5 Å². The van der Waals surface area contributed by atoms with Crippen LogP contribution in [0.1, 0.15) is 37.7 Å². The predicted octanol–water partition coefficient (Wildman–Crippen LogP) is 2.34. The largest absolute Gasteiger partial charge is 0.353 e. The highest BCUT2D eigenvalue weighted by atomic mass is 32.2. The summed E-state index contributed by atoms with van der Waals surface area (Å²) in [5.74, 6) is 0.224. The molecule has 1 aromatic rings. The number of carbonyl (C=O) groups excluding carboxylic acids is 1. The van der Waals surface area contributed by atoms with Crippen LogP contribution >= 0.6 is 0 Å². The Morgan fingerprint density at radius 1 is 1.09 bits per heavy atom. The van der Waals surface area contributed by atoms with E-state index in [-0.39, 0.29) is 29.4 Å². The molecule has 2 fully saturated rings. The minimum Gasteiger partial charge on any atom is -0.353 e. The van der Waals surface area contributed by atoms with Crippen LogP contribution in [-0.2, 0) is 21.1 Å². The van der Waals surface area contributed by atoms with Crippen LogP contribution in [0, 0.1) is 11.8 Å². The Hall–Kier alpha value is -1.36. The third-order valence-electron chi connectivity index (χ3n) is 5.18. The van der Waals surface area contributed by atoms with E-state index in [1.165, 1.54) is 12.0 Å². The molecule has 3 atom stereocenters. The maximum Gasteiger partial charge on any atom is 0.224 e. The van der Waals surface area contributed by atoms with Crippen molar-refractivity contribution in [3.8, 4) is 0 Å². The van der Waals surface area contributed by atoms with Gasteiger partial charge in [-0.3, -0.25) is 4.79 Å². The van der Waals surface area contributed by atoms with Crippen LogP contribution in [-0.4, -0.2) is 31.9 Å². The van der Waals surface area contributed by atoms with Gasteiger partial charge in [-0.1, -0.05) is 43.2 Å². The number of hydrogen-bond donors (Lipinski definition) is 1. The SMILES string of the molecule is O=C(N[C@@H]1CCCC[C@H]1Cc1ccccc1)[C@H]1CCS(=O)(=O)C1. The molecule has 1 aromatic carbocycles. The maximum absolute atomic E-state index is 12.4. The minimum atomic E-state index is -3.00. The highest BCUT2D eigenvalue weighted by molar-refractivity contribution is 7.91. The summed E-state index contributed by atoms with van der Waals surface area (Å²) in [5, 5.41) is 3.17. The molecule has 0 unspecified atom stereocenters. The lowest BCUT2D eigenvalue weighted by molar-refractivity contribution is -0.125. The van der Waals surface area contributed by atoms with Gasteiger partial charge in [0.25, 0.3) is 0 Å². The van der Waals surface area contributed by atoms with Gasteiger partial charge in [-0.05, 0) is 37.2 Å². The molecule has 3 rings (SSSR count). The molecule has 1 heterocycles. The number of sulfone groups is 1. The molecule has 2 aliphatic rings. The fourth-order valence-corrected chi connectivity index (χ4v) is 5.60. The van der Waals surface area contributed by atoms with E-state index in [2.05, 4.69) is 29.6 Å². The first-order valence-corrected chi connectivity index (χ1v) is 10.4. The molecular weight excluding hydrogens is 310 g/mol. The second-order valence-corrected chi connectivity index (χ2v) is 9.18. The van der Waals surface area contributed by atoms with Gasteiger partial charge in [0.15, 0.2) is 9.84 Å². The van der Waals surface area contributed by atoms with E-state index in [0.29, 0.717) is 12.3 Å². The Bertz CT molecular complexity index is 641. The van der Waals surface area contributed by atoms with Gasteiger partial charge in [0.05, 0.1) is 17.4 Å². The summed E-state index contributed by atoms with van der Waals surface area (Å²) in [6, 6.07) is 10.6. The molecule has 0 radical (unpaired) electrons. The number of benzene rings is 1. The average molecular weight is 335 g/mol. The molecule has 0 aromatic heterocycles. The Morgan fingerprint density at radius 3 is 2.52 bits per heavy atom. The lowest BCUT2D eigenvalue weighted by Gasteiger charge is -2.33. The lowest BCUT2D eigenvalue weighted by Crippen LogP contribution is -2.45. The summed E-state index contributed by atoms with van der Waals surface area (Å²) in [6.45, 7) is 0. The quantitative estimate of drug-likeness (QED) is 0.918. The van der Waals surface area contributed by atoms with E-state index >= 15 is 0 Å². The summed E-state index contributed by atoms with van der Waals surface area (Å²) >= 11 is 0. The van der Waals surface area contributed by atoms with E-state index in [0.717, 1.165) is 25.7 Å².